The minimum Gasteiger partial charge on any atom is -0.298 e. The molecule has 0 N–H and O–H groups in total. The normalized spacial score (nSPS) is 14.4. The molecule has 2 aromatic heterocycles. The van der Waals surface area contributed by atoms with E-state index < -0.39 is 9.84 Å². The molecule has 2 aromatic carbocycles. The number of nitrogens with zero attached hydrogens (tertiary/aromatic N) is 2. The Bertz CT molecular complexity index is 1410. The van der Waals surface area contributed by atoms with Crippen molar-refractivity contribution in [1.82, 2.24) is 9.38 Å². The molecule has 1 aliphatic rings. The molecule has 0 saturated heterocycles. The highest BCUT2D eigenvalue weighted by molar-refractivity contribution is 7.90. The number of rotatable bonds is 3. The van der Waals surface area contributed by atoms with Crippen LogP contribution in [0.5, 0.6) is 0 Å². The highest BCUT2D eigenvalue weighted by atomic mass is 32.2. The Balaban J connectivity index is 1.81. The van der Waals surface area contributed by atoms with E-state index in [0.29, 0.717) is 4.90 Å². The minimum atomic E-state index is -3.23. The monoisotopic (exact) mass is 400 g/mol. The maximum atomic E-state index is 11.8. The van der Waals surface area contributed by atoms with E-state index in [1.807, 2.05) is 24.3 Å². The summed E-state index contributed by atoms with van der Waals surface area (Å²) in [5, 5.41) is 2.27. The number of allylic oxidation sites excluding steroid dienone is 4. The fourth-order valence-electron chi connectivity index (χ4n) is 3.89. The van der Waals surface area contributed by atoms with Gasteiger partial charge in [0.2, 0.25) is 0 Å². The standard InChI is InChI=1S/C24H20N2O2S/c1-29(27,28)20-13-11-18(12-14-20)22-23-21-10-6-5-7-17(21)15-16-26(23)24(25-22)19-8-3-2-4-9-19/h3,5-16H,2,4H2,1H3. The number of hydrogen-bond donors (Lipinski definition) is 0. The van der Waals surface area contributed by atoms with Crippen LogP contribution in [0, 0.1) is 0 Å². The lowest BCUT2D eigenvalue weighted by Crippen LogP contribution is -1.96. The average Bonchev–Trinajstić information content (AvgIpc) is 3.14. The Kier molecular flexibility index (Phi) is 4.14. The van der Waals surface area contributed by atoms with Crippen LogP contribution in [0.1, 0.15) is 18.7 Å². The van der Waals surface area contributed by atoms with Gasteiger partial charge in [0.1, 0.15) is 5.82 Å². The fraction of sp³-hybridized carbons (Fsp3) is 0.125. The van der Waals surface area contributed by atoms with Gasteiger partial charge in [-0.1, -0.05) is 54.6 Å². The van der Waals surface area contributed by atoms with Crippen LogP contribution in [0.25, 0.3) is 33.1 Å². The van der Waals surface area contributed by atoms with Gasteiger partial charge in [0, 0.05) is 29.0 Å². The summed E-state index contributed by atoms with van der Waals surface area (Å²) in [6.07, 6.45) is 11.9. The first-order valence-corrected chi connectivity index (χ1v) is 11.5. The molecule has 2 heterocycles. The zero-order chi connectivity index (χ0) is 20.0. The highest BCUT2D eigenvalue weighted by Crippen LogP contribution is 2.34. The van der Waals surface area contributed by atoms with E-state index in [9.17, 15) is 8.42 Å². The molecule has 0 bridgehead atoms. The summed E-state index contributed by atoms with van der Waals surface area (Å²) in [5.74, 6) is 0.906. The molecule has 29 heavy (non-hydrogen) atoms. The van der Waals surface area contributed by atoms with Crippen molar-refractivity contribution in [3.8, 4) is 11.3 Å². The first-order chi connectivity index (χ1) is 14.0. The molecule has 0 spiro atoms. The van der Waals surface area contributed by atoms with E-state index in [-0.39, 0.29) is 0 Å². The summed E-state index contributed by atoms with van der Waals surface area (Å²) < 4.78 is 25.8. The summed E-state index contributed by atoms with van der Waals surface area (Å²) in [5.41, 5.74) is 3.90. The third-order valence-electron chi connectivity index (χ3n) is 5.34. The topological polar surface area (TPSA) is 51.4 Å². The molecule has 0 fully saturated rings. The van der Waals surface area contributed by atoms with Gasteiger partial charge in [0.15, 0.2) is 9.84 Å². The Morgan fingerprint density at radius 3 is 2.48 bits per heavy atom. The van der Waals surface area contributed by atoms with Crippen LogP contribution in [0.4, 0.5) is 0 Å². The average molecular weight is 401 g/mol. The molecule has 4 nitrogen and oxygen atoms in total. The summed E-state index contributed by atoms with van der Waals surface area (Å²) in [6.45, 7) is 0. The van der Waals surface area contributed by atoms with Crippen molar-refractivity contribution in [3.63, 3.8) is 0 Å². The van der Waals surface area contributed by atoms with Gasteiger partial charge in [0.25, 0.3) is 0 Å². The lowest BCUT2D eigenvalue weighted by Gasteiger charge is -2.07. The van der Waals surface area contributed by atoms with Gasteiger partial charge >= 0.3 is 0 Å². The number of sulfone groups is 1. The number of pyridine rings is 1. The van der Waals surface area contributed by atoms with Crippen LogP contribution in [0.15, 0.2) is 83.9 Å². The zero-order valence-corrected chi connectivity index (χ0v) is 16.9. The summed E-state index contributed by atoms with van der Waals surface area (Å²) in [7, 11) is -3.23. The van der Waals surface area contributed by atoms with Crippen LogP contribution in [0.3, 0.4) is 0 Å². The second-order valence-electron chi connectivity index (χ2n) is 7.34. The van der Waals surface area contributed by atoms with Crippen molar-refractivity contribution in [2.24, 2.45) is 0 Å². The SMILES string of the molecule is CS(=O)(=O)c1ccc(-c2nc(C3=CCCC=C3)n3ccc4ccccc4c23)cc1. The highest BCUT2D eigenvalue weighted by Gasteiger charge is 2.18. The minimum absolute atomic E-state index is 0.313. The Morgan fingerprint density at radius 1 is 0.966 bits per heavy atom. The molecule has 5 heteroatoms. The van der Waals surface area contributed by atoms with Crippen molar-refractivity contribution >= 4 is 31.7 Å². The molecule has 0 amide bonds. The van der Waals surface area contributed by atoms with E-state index in [1.54, 1.807) is 12.1 Å². The molecule has 0 aliphatic heterocycles. The second kappa shape index (κ2) is 6.71. The quantitative estimate of drug-likeness (QED) is 0.469. The van der Waals surface area contributed by atoms with Gasteiger partial charge in [-0.3, -0.25) is 4.40 Å². The smallest absolute Gasteiger partial charge is 0.175 e. The predicted molar refractivity (Wildman–Crippen MR) is 118 cm³/mol. The predicted octanol–water partition coefficient (Wildman–Crippen LogP) is 5.29. The number of fused-ring (bicyclic) bond motifs is 3. The third kappa shape index (κ3) is 3.08. The Morgan fingerprint density at radius 2 is 1.76 bits per heavy atom. The van der Waals surface area contributed by atoms with E-state index >= 15 is 0 Å². The maximum absolute atomic E-state index is 11.8. The fourth-order valence-corrected chi connectivity index (χ4v) is 4.52. The summed E-state index contributed by atoms with van der Waals surface area (Å²) in [4.78, 5) is 5.33. The summed E-state index contributed by atoms with van der Waals surface area (Å²) in [6, 6.07) is 17.4. The molecule has 0 atom stereocenters. The molecule has 4 aromatic rings. The molecule has 144 valence electrons. The van der Waals surface area contributed by atoms with Crippen LogP contribution in [-0.2, 0) is 9.84 Å². The van der Waals surface area contributed by atoms with Crippen LogP contribution in [0.2, 0.25) is 0 Å². The van der Waals surface area contributed by atoms with E-state index in [2.05, 4.69) is 47.0 Å². The van der Waals surface area contributed by atoms with Crippen molar-refractivity contribution in [1.29, 1.82) is 0 Å². The number of benzene rings is 2. The van der Waals surface area contributed by atoms with Gasteiger partial charge in [-0.2, -0.15) is 0 Å². The number of hydrogen-bond acceptors (Lipinski definition) is 3. The zero-order valence-electron chi connectivity index (χ0n) is 16.0. The molecule has 5 rings (SSSR count). The molecule has 0 radical (unpaired) electrons. The largest absolute Gasteiger partial charge is 0.298 e. The maximum Gasteiger partial charge on any atom is 0.175 e. The number of imidazole rings is 1. The van der Waals surface area contributed by atoms with Crippen LogP contribution in [-0.4, -0.2) is 24.1 Å². The molecular weight excluding hydrogens is 380 g/mol. The third-order valence-corrected chi connectivity index (χ3v) is 6.47. The van der Waals surface area contributed by atoms with E-state index in [1.165, 1.54) is 6.26 Å². The first-order valence-electron chi connectivity index (χ1n) is 9.60. The molecule has 0 unspecified atom stereocenters. The van der Waals surface area contributed by atoms with Crippen LogP contribution >= 0.6 is 0 Å². The van der Waals surface area contributed by atoms with Crippen molar-refractivity contribution < 1.29 is 8.42 Å². The van der Waals surface area contributed by atoms with Gasteiger partial charge in [0.05, 0.1) is 16.1 Å². The van der Waals surface area contributed by atoms with Crippen molar-refractivity contribution in [2.45, 2.75) is 17.7 Å². The lowest BCUT2D eigenvalue weighted by molar-refractivity contribution is 0.602. The Labute approximate surface area is 169 Å². The van der Waals surface area contributed by atoms with Gasteiger partial charge in [-0.15, -0.1) is 0 Å². The van der Waals surface area contributed by atoms with Crippen molar-refractivity contribution in [3.05, 3.63) is 84.8 Å². The number of aromatic nitrogens is 2. The van der Waals surface area contributed by atoms with Gasteiger partial charge in [-0.25, -0.2) is 13.4 Å². The second-order valence-corrected chi connectivity index (χ2v) is 9.36. The molecule has 1 aliphatic carbocycles. The summed E-state index contributed by atoms with van der Waals surface area (Å²) >= 11 is 0. The molecule has 0 saturated carbocycles. The first kappa shape index (κ1) is 17.9. The lowest BCUT2D eigenvalue weighted by atomic mass is 10.1. The van der Waals surface area contributed by atoms with E-state index in [0.717, 1.165) is 51.8 Å². The van der Waals surface area contributed by atoms with Gasteiger partial charge < -0.3 is 0 Å². The van der Waals surface area contributed by atoms with Crippen molar-refractivity contribution in [2.75, 3.05) is 6.26 Å². The molecular formula is C24H20N2O2S. The van der Waals surface area contributed by atoms with Crippen LogP contribution < -0.4 is 0 Å². The van der Waals surface area contributed by atoms with Gasteiger partial charge in [-0.05, 0) is 36.4 Å². The Hall–Kier alpha value is -3.18. The van der Waals surface area contributed by atoms with E-state index in [4.69, 9.17) is 4.98 Å².